The Bertz CT molecular complexity index is 790. The van der Waals surface area contributed by atoms with Gasteiger partial charge in [-0.25, -0.2) is 4.79 Å². The minimum absolute atomic E-state index is 0.137. The van der Waals surface area contributed by atoms with Gasteiger partial charge in [0.25, 0.3) is 5.91 Å². The number of anilines is 1. The zero-order valence-electron chi connectivity index (χ0n) is 16.3. The minimum atomic E-state index is -0.343. The first-order valence-electron chi connectivity index (χ1n) is 9.15. The maximum atomic E-state index is 12.2. The van der Waals surface area contributed by atoms with Crippen LogP contribution < -0.4 is 20.7 Å². The zero-order chi connectivity index (χ0) is 20.6. The van der Waals surface area contributed by atoms with Crippen molar-refractivity contribution in [3.8, 4) is 5.75 Å². The SMILES string of the molecule is CCC(C)(C)NC(=O)c1ccc(NC(=O)NCCOc2ccc(Cl)cc2)cc1. The Balaban J connectivity index is 1.74. The van der Waals surface area contributed by atoms with Crippen LogP contribution in [0.2, 0.25) is 5.02 Å². The molecule has 150 valence electrons. The number of urea groups is 1. The van der Waals surface area contributed by atoms with Crippen LogP contribution in [0.4, 0.5) is 10.5 Å². The van der Waals surface area contributed by atoms with Crippen molar-refractivity contribution in [3.05, 3.63) is 59.1 Å². The van der Waals surface area contributed by atoms with Crippen LogP contribution in [0.1, 0.15) is 37.6 Å². The van der Waals surface area contributed by atoms with Crippen molar-refractivity contribution in [2.45, 2.75) is 32.7 Å². The summed E-state index contributed by atoms with van der Waals surface area (Å²) >= 11 is 5.81. The van der Waals surface area contributed by atoms with Gasteiger partial charge in [-0.2, -0.15) is 0 Å². The lowest BCUT2D eigenvalue weighted by molar-refractivity contribution is 0.0911. The average molecular weight is 404 g/mol. The quantitative estimate of drug-likeness (QED) is 0.569. The Hall–Kier alpha value is -2.73. The number of carbonyl (C=O) groups is 2. The Morgan fingerprint density at radius 2 is 1.68 bits per heavy atom. The van der Waals surface area contributed by atoms with E-state index in [0.29, 0.717) is 35.2 Å². The smallest absolute Gasteiger partial charge is 0.319 e. The molecule has 3 amide bonds. The summed E-state index contributed by atoms with van der Waals surface area (Å²) in [5.41, 5.74) is 0.883. The second kappa shape index (κ2) is 9.99. The van der Waals surface area contributed by atoms with Gasteiger partial charge in [-0.15, -0.1) is 0 Å². The molecule has 0 aliphatic carbocycles. The van der Waals surface area contributed by atoms with Crippen LogP contribution in [-0.4, -0.2) is 30.6 Å². The average Bonchev–Trinajstić information content (AvgIpc) is 2.67. The maximum absolute atomic E-state index is 12.2. The number of rotatable bonds is 8. The van der Waals surface area contributed by atoms with Crippen LogP contribution in [-0.2, 0) is 0 Å². The molecule has 2 rings (SSSR count). The molecule has 6 nitrogen and oxygen atoms in total. The lowest BCUT2D eigenvalue weighted by atomic mass is 10.0. The van der Waals surface area contributed by atoms with Crippen molar-refractivity contribution in [2.75, 3.05) is 18.5 Å². The molecule has 0 heterocycles. The second-order valence-corrected chi connectivity index (χ2v) is 7.39. The summed E-state index contributed by atoms with van der Waals surface area (Å²) in [4.78, 5) is 24.2. The fourth-order valence-electron chi connectivity index (χ4n) is 2.21. The Labute approximate surface area is 170 Å². The van der Waals surface area contributed by atoms with Gasteiger partial charge in [0.15, 0.2) is 0 Å². The molecule has 0 fully saturated rings. The second-order valence-electron chi connectivity index (χ2n) is 6.95. The van der Waals surface area contributed by atoms with Gasteiger partial charge in [0.2, 0.25) is 0 Å². The summed E-state index contributed by atoms with van der Waals surface area (Å²) in [7, 11) is 0. The Morgan fingerprint density at radius 3 is 2.29 bits per heavy atom. The summed E-state index contributed by atoms with van der Waals surface area (Å²) in [6.45, 7) is 6.65. The van der Waals surface area contributed by atoms with Crippen LogP contribution in [0.5, 0.6) is 5.75 Å². The first-order chi connectivity index (χ1) is 13.3. The van der Waals surface area contributed by atoms with Gasteiger partial charge in [0.1, 0.15) is 12.4 Å². The molecule has 2 aromatic rings. The highest BCUT2D eigenvalue weighted by molar-refractivity contribution is 6.30. The summed E-state index contributed by atoms with van der Waals surface area (Å²) < 4.78 is 5.51. The number of amides is 3. The molecule has 0 atom stereocenters. The lowest BCUT2D eigenvalue weighted by Gasteiger charge is -2.24. The summed E-state index contributed by atoms with van der Waals surface area (Å²) in [6.07, 6.45) is 0.834. The van der Waals surface area contributed by atoms with Crippen molar-refractivity contribution in [1.29, 1.82) is 0 Å². The van der Waals surface area contributed by atoms with Gasteiger partial charge in [-0.05, 0) is 68.8 Å². The van der Waals surface area contributed by atoms with Crippen molar-refractivity contribution in [2.24, 2.45) is 0 Å². The van der Waals surface area contributed by atoms with Gasteiger partial charge in [0.05, 0.1) is 6.54 Å². The van der Waals surface area contributed by atoms with E-state index in [4.69, 9.17) is 16.3 Å². The fraction of sp³-hybridized carbons (Fsp3) is 0.333. The molecule has 0 unspecified atom stereocenters. The standard InChI is InChI=1S/C21H26ClN3O3/c1-4-21(2,3)25-19(26)15-5-9-17(10-6-15)24-20(27)23-13-14-28-18-11-7-16(22)8-12-18/h5-12H,4,13-14H2,1-3H3,(H,25,26)(H2,23,24,27). The molecule has 0 aliphatic rings. The molecule has 0 saturated heterocycles. The van der Waals surface area contributed by atoms with E-state index in [0.717, 1.165) is 6.42 Å². The van der Waals surface area contributed by atoms with Gasteiger partial charge in [-0.3, -0.25) is 4.79 Å². The largest absolute Gasteiger partial charge is 0.492 e. The van der Waals surface area contributed by atoms with Crippen molar-refractivity contribution < 1.29 is 14.3 Å². The highest BCUT2D eigenvalue weighted by atomic mass is 35.5. The van der Waals surface area contributed by atoms with E-state index < -0.39 is 0 Å². The van der Waals surface area contributed by atoms with Gasteiger partial charge >= 0.3 is 6.03 Å². The molecule has 3 N–H and O–H groups in total. The van der Waals surface area contributed by atoms with Crippen molar-refractivity contribution in [1.82, 2.24) is 10.6 Å². The number of carbonyl (C=O) groups excluding carboxylic acids is 2. The van der Waals surface area contributed by atoms with Crippen LogP contribution >= 0.6 is 11.6 Å². The highest BCUT2D eigenvalue weighted by Gasteiger charge is 2.18. The fourth-order valence-corrected chi connectivity index (χ4v) is 2.34. The number of ether oxygens (including phenoxy) is 1. The number of nitrogens with one attached hydrogen (secondary N) is 3. The molecule has 28 heavy (non-hydrogen) atoms. The third-order valence-corrected chi connectivity index (χ3v) is 4.46. The minimum Gasteiger partial charge on any atom is -0.492 e. The van der Waals surface area contributed by atoms with Gasteiger partial charge in [-0.1, -0.05) is 18.5 Å². The molecule has 0 aromatic heterocycles. The third-order valence-electron chi connectivity index (χ3n) is 4.21. The van der Waals surface area contributed by atoms with Gasteiger partial charge < -0.3 is 20.7 Å². The predicted molar refractivity (Wildman–Crippen MR) is 112 cm³/mol. The van der Waals surface area contributed by atoms with Crippen LogP contribution in [0.25, 0.3) is 0 Å². The molecule has 7 heteroatoms. The van der Waals surface area contributed by atoms with E-state index in [1.807, 2.05) is 20.8 Å². The van der Waals surface area contributed by atoms with Gasteiger partial charge in [0, 0.05) is 21.8 Å². The van der Waals surface area contributed by atoms with E-state index >= 15 is 0 Å². The molecule has 0 aliphatic heterocycles. The Morgan fingerprint density at radius 1 is 1.04 bits per heavy atom. The molecular weight excluding hydrogens is 378 g/mol. The monoisotopic (exact) mass is 403 g/mol. The van der Waals surface area contributed by atoms with E-state index in [1.165, 1.54) is 0 Å². The molecule has 0 saturated carbocycles. The normalized spacial score (nSPS) is 10.9. The zero-order valence-corrected chi connectivity index (χ0v) is 17.1. The summed E-state index contributed by atoms with van der Waals surface area (Å²) in [5, 5.41) is 9.04. The number of hydrogen-bond acceptors (Lipinski definition) is 3. The number of benzene rings is 2. The van der Waals surface area contributed by atoms with Crippen molar-refractivity contribution >= 4 is 29.2 Å². The van der Waals surface area contributed by atoms with E-state index in [1.54, 1.807) is 48.5 Å². The van der Waals surface area contributed by atoms with E-state index in [2.05, 4.69) is 16.0 Å². The first kappa shape index (κ1) is 21.6. The molecule has 0 radical (unpaired) electrons. The van der Waals surface area contributed by atoms with Crippen molar-refractivity contribution in [3.63, 3.8) is 0 Å². The van der Waals surface area contributed by atoms with E-state index in [9.17, 15) is 9.59 Å². The van der Waals surface area contributed by atoms with Crippen LogP contribution in [0.15, 0.2) is 48.5 Å². The maximum Gasteiger partial charge on any atom is 0.319 e. The molecular formula is C21H26ClN3O3. The number of halogens is 1. The molecule has 0 bridgehead atoms. The van der Waals surface area contributed by atoms with Crippen LogP contribution in [0.3, 0.4) is 0 Å². The first-order valence-corrected chi connectivity index (χ1v) is 9.52. The van der Waals surface area contributed by atoms with E-state index in [-0.39, 0.29) is 17.5 Å². The summed E-state index contributed by atoms with van der Waals surface area (Å²) in [5.74, 6) is 0.550. The summed E-state index contributed by atoms with van der Waals surface area (Å²) in [6, 6.07) is 13.4. The molecule has 0 spiro atoms. The lowest BCUT2D eigenvalue weighted by Crippen LogP contribution is -2.42. The number of hydrogen-bond donors (Lipinski definition) is 3. The predicted octanol–water partition coefficient (Wildman–Crippen LogP) is 4.46. The Kier molecular flexibility index (Phi) is 7.70. The molecule has 2 aromatic carbocycles. The van der Waals surface area contributed by atoms with Crippen LogP contribution in [0, 0.1) is 0 Å². The third kappa shape index (κ3) is 7.12. The highest BCUT2D eigenvalue weighted by Crippen LogP contribution is 2.15. The topological polar surface area (TPSA) is 79.5 Å².